The molecule has 1 N–H and O–H groups in total. The molecule has 0 aromatic heterocycles. The summed E-state index contributed by atoms with van der Waals surface area (Å²) < 4.78 is 0. The summed E-state index contributed by atoms with van der Waals surface area (Å²) in [7, 11) is 1.91. The van der Waals surface area contributed by atoms with Crippen LogP contribution in [0.3, 0.4) is 0 Å². The van der Waals surface area contributed by atoms with Gasteiger partial charge in [0.1, 0.15) is 7.05 Å². The van der Waals surface area contributed by atoms with Gasteiger partial charge in [-0.25, -0.2) is 0 Å². The summed E-state index contributed by atoms with van der Waals surface area (Å²) in [6, 6.07) is 0. The van der Waals surface area contributed by atoms with Gasteiger partial charge in [0.25, 0.3) is 0 Å². The number of hydrogen-bond acceptors (Lipinski definition) is 0. The first-order valence-electron chi connectivity index (χ1n) is 8.27. The van der Waals surface area contributed by atoms with Gasteiger partial charge in [-0.15, -0.1) is 0 Å². The van der Waals surface area contributed by atoms with Crippen molar-refractivity contribution in [1.82, 2.24) is 0 Å². The standard InChI is InChI=1S/C21H31N/c1-17(9-7-10-18(2)14-16-22-6)12-13-20-19(3)11-8-15-21(20,4)5/h7,9-10,12-14,16H,8,11,15H2,1-6H3/p+1/b10-7+,13-12+,17-9+,18-14+,22-16?. The summed E-state index contributed by atoms with van der Waals surface area (Å²) in [6.07, 6.45) is 18.8. The topological polar surface area (TPSA) is 14.0 Å². The molecule has 0 aliphatic heterocycles. The lowest BCUT2D eigenvalue weighted by Crippen LogP contribution is -2.62. The molecule has 0 amide bonds. The van der Waals surface area contributed by atoms with E-state index in [1.165, 1.54) is 36.0 Å². The van der Waals surface area contributed by atoms with Gasteiger partial charge in [0.15, 0.2) is 6.21 Å². The van der Waals surface area contributed by atoms with E-state index >= 15 is 0 Å². The van der Waals surface area contributed by atoms with Crippen LogP contribution >= 0.6 is 0 Å². The third-order valence-corrected chi connectivity index (χ3v) is 4.29. The first-order valence-corrected chi connectivity index (χ1v) is 8.27. The van der Waals surface area contributed by atoms with E-state index in [0.717, 1.165) is 0 Å². The van der Waals surface area contributed by atoms with Crippen molar-refractivity contribution in [2.45, 2.75) is 53.9 Å². The van der Waals surface area contributed by atoms with Gasteiger partial charge in [-0.05, 0) is 56.6 Å². The lowest BCUT2D eigenvalue weighted by molar-refractivity contribution is -0.413. The molecule has 1 aliphatic rings. The van der Waals surface area contributed by atoms with Crippen LogP contribution in [0.1, 0.15) is 53.9 Å². The molecule has 0 heterocycles. The Morgan fingerprint density at radius 1 is 1.09 bits per heavy atom. The van der Waals surface area contributed by atoms with E-state index in [0.29, 0.717) is 5.41 Å². The molecule has 1 heteroatoms. The summed E-state index contributed by atoms with van der Waals surface area (Å²) in [5.41, 5.74) is 5.90. The molecular formula is C21H32N+. The smallest absolute Gasteiger partial charge is 0.161 e. The van der Waals surface area contributed by atoms with E-state index in [-0.39, 0.29) is 0 Å². The Morgan fingerprint density at radius 3 is 2.41 bits per heavy atom. The maximum atomic E-state index is 3.00. The van der Waals surface area contributed by atoms with Crippen molar-refractivity contribution in [1.29, 1.82) is 0 Å². The summed E-state index contributed by atoms with van der Waals surface area (Å²) in [5.74, 6) is 0. The second-order valence-corrected chi connectivity index (χ2v) is 6.90. The highest BCUT2D eigenvalue weighted by Gasteiger charge is 2.26. The van der Waals surface area contributed by atoms with Gasteiger partial charge < -0.3 is 0 Å². The van der Waals surface area contributed by atoms with Crippen LogP contribution in [0.4, 0.5) is 0 Å². The molecule has 22 heavy (non-hydrogen) atoms. The lowest BCUT2D eigenvalue weighted by Gasteiger charge is -2.32. The van der Waals surface area contributed by atoms with Crippen LogP contribution in [-0.4, -0.2) is 13.3 Å². The van der Waals surface area contributed by atoms with Crippen molar-refractivity contribution in [2.75, 3.05) is 7.05 Å². The summed E-state index contributed by atoms with van der Waals surface area (Å²) in [5, 5.41) is 0. The van der Waals surface area contributed by atoms with Crippen molar-refractivity contribution in [3.8, 4) is 0 Å². The minimum atomic E-state index is 0.317. The molecule has 0 atom stereocenters. The molecule has 120 valence electrons. The normalized spacial score (nSPS) is 20.8. The maximum absolute atomic E-state index is 3.00. The van der Waals surface area contributed by atoms with Crippen molar-refractivity contribution in [3.63, 3.8) is 0 Å². The Kier molecular flexibility index (Phi) is 7.31. The molecule has 0 radical (unpaired) electrons. The third-order valence-electron chi connectivity index (χ3n) is 4.29. The van der Waals surface area contributed by atoms with Gasteiger partial charge in [0.2, 0.25) is 0 Å². The van der Waals surface area contributed by atoms with E-state index in [1.54, 1.807) is 5.57 Å². The van der Waals surface area contributed by atoms with E-state index < -0.39 is 0 Å². The van der Waals surface area contributed by atoms with Gasteiger partial charge in [-0.3, -0.25) is 4.99 Å². The molecule has 1 rings (SSSR count). The fourth-order valence-corrected chi connectivity index (χ4v) is 2.90. The number of nitrogens with one attached hydrogen (secondary N) is 1. The Hall–Kier alpha value is -1.63. The lowest BCUT2D eigenvalue weighted by atomic mass is 9.72. The zero-order valence-corrected chi connectivity index (χ0v) is 15.2. The predicted molar refractivity (Wildman–Crippen MR) is 99.1 cm³/mol. The molecule has 0 spiro atoms. The SMILES string of the molecule is C[NH+]=C/C=C(C)/C=C/C=C(C)/C=C/C1=C(C)CCCC1(C)C. The molecule has 0 fully saturated rings. The second-order valence-electron chi connectivity index (χ2n) is 6.90. The molecule has 1 nitrogen and oxygen atoms in total. The summed E-state index contributed by atoms with van der Waals surface area (Å²) in [4.78, 5) is 3.00. The first kappa shape index (κ1) is 18.4. The van der Waals surface area contributed by atoms with Crippen LogP contribution in [0.25, 0.3) is 0 Å². The van der Waals surface area contributed by atoms with Gasteiger partial charge in [0.05, 0.1) is 0 Å². The Balaban J connectivity index is 2.77. The van der Waals surface area contributed by atoms with Crippen LogP contribution < -0.4 is 4.99 Å². The molecule has 0 saturated heterocycles. The molecule has 0 bridgehead atoms. The minimum absolute atomic E-state index is 0.317. The highest BCUT2D eigenvalue weighted by atomic mass is 14.6. The number of allylic oxidation sites excluding steroid dienone is 10. The fraction of sp³-hybridized carbons (Fsp3) is 0.476. The van der Waals surface area contributed by atoms with Crippen LogP contribution in [0.2, 0.25) is 0 Å². The van der Waals surface area contributed by atoms with Crippen LogP contribution in [0, 0.1) is 5.41 Å². The Morgan fingerprint density at radius 2 is 1.77 bits per heavy atom. The van der Waals surface area contributed by atoms with Gasteiger partial charge >= 0.3 is 0 Å². The first-order chi connectivity index (χ1) is 10.4. The number of rotatable bonds is 5. The highest BCUT2D eigenvalue weighted by molar-refractivity contribution is 5.67. The summed E-state index contributed by atoms with van der Waals surface area (Å²) in [6.45, 7) is 11.3. The number of hydrogen-bond donors (Lipinski definition) is 1. The second kappa shape index (κ2) is 8.73. The van der Waals surface area contributed by atoms with Gasteiger partial charge in [-0.2, -0.15) is 0 Å². The summed E-state index contributed by atoms with van der Waals surface area (Å²) >= 11 is 0. The molecular weight excluding hydrogens is 266 g/mol. The minimum Gasteiger partial charge on any atom is -0.251 e. The van der Waals surface area contributed by atoms with Crippen molar-refractivity contribution in [2.24, 2.45) is 5.41 Å². The zero-order valence-electron chi connectivity index (χ0n) is 15.2. The van der Waals surface area contributed by atoms with E-state index in [2.05, 4.69) is 76.1 Å². The largest absolute Gasteiger partial charge is 0.251 e. The Labute approximate surface area is 136 Å². The van der Waals surface area contributed by atoms with E-state index in [9.17, 15) is 0 Å². The maximum Gasteiger partial charge on any atom is 0.161 e. The average Bonchev–Trinajstić information content (AvgIpc) is 2.43. The molecule has 0 aromatic rings. The fourth-order valence-electron chi connectivity index (χ4n) is 2.90. The van der Waals surface area contributed by atoms with Crippen molar-refractivity contribution in [3.05, 3.63) is 58.7 Å². The quantitative estimate of drug-likeness (QED) is 0.574. The monoisotopic (exact) mass is 298 g/mol. The molecule has 1 aliphatic carbocycles. The third kappa shape index (κ3) is 6.01. The molecule has 0 saturated carbocycles. The van der Waals surface area contributed by atoms with Crippen LogP contribution in [0.15, 0.2) is 58.7 Å². The average molecular weight is 298 g/mol. The van der Waals surface area contributed by atoms with E-state index in [1.807, 2.05) is 13.3 Å². The van der Waals surface area contributed by atoms with E-state index in [4.69, 9.17) is 0 Å². The van der Waals surface area contributed by atoms with Crippen LogP contribution in [0.5, 0.6) is 0 Å². The Bertz CT molecular complexity index is 548. The predicted octanol–water partition coefficient (Wildman–Crippen LogP) is 4.30. The van der Waals surface area contributed by atoms with Crippen LogP contribution in [-0.2, 0) is 0 Å². The molecule has 0 unspecified atom stereocenters. The van der Waals surface area contributed by atoms with Gasteiger partial charge in [-0.1, -0.05) is 55.4 Å². The van der Waals surface area contributed by atoms with Gasteiger partial charge in [0, 0.05) is 6.08 Å². The zero-order chi connectivity index (χ0) is 16.6. The molecule has 0 aromatic carbocycles. The van der Waals surface area contributed by atoms with Crippen molar-refractivity contribution >= 4 is 6.21 Å². The van der Waals surface area contributed by atoms with Crippen molar-refractivity contribution < 1.29 is 4.99 Å². The highest BCUT2D eigenvalue weighted by Crippen LogP contribution is 2.40.